The summed E-state index contributed by atoms with van der Waals surface area (Å²) in [5.74, 6) is 0.189. The first-order chi connectivity index (χ1) is 11.4. The number of carbonyl (C=O) groups is 1. The molecule has 2 N–H and O–H groups in total. The Hall–Kier alpha value is -2.18. The average Bonchev–Trinajstić information content (AvgIpc) is 2.53. The molecule has 0 aliphatic heterocycles. The van der Waals surface area contributed by atoms with E-state index in [-0.39, 0.29) is 5.91 Å². The SMILES string of the molecule is Cc1cc(C(=O)Nc2ccc(Cl)cc2)nc(NCCCN(C)C)n1. The number of nitrogens with zero attached hydrogens (tertiary/aromatic N) is 3. The Kier molecular flexibility index (Phi) is 6.52. The number of amides is 1. The molecule has 0 saturated carbocycles. The topological polar surface area (TPSA) is 70.2 Å². The van der Waals surface area contributed by atoms with E-state index < -0.39 is 0 Å². The second-order valence-corrected chi connectivity index (χ2v) is 6.20. The van der Waals surface area contributed by atoms with Gasteiger partial charge >= 0.3 is 0 Å². The van der Waals surface area contributed by atoms with Gasteiger partial charge in [-0.15, -0.1) is 0 Å². The van der Waals surface area contributed by atoms with E-state index in [2.05, 4.69) is 25.5 Å². The summed E-state index contributed by atoms with van der Waals surface area (Å²) in [7, 11) is 4.06. The number of aryl methyl sites for hydroxylation is 1. The van der Waals surface area contributed by atoms with Gasteiger partial charge in [-0.1, -0.05) is 11.6 Å². The van der Waals surface area contributed by atoms with E-state index in [1.54, 1.807) is 30.3 Å². The lowest BCUT2D eigenvalue weighted by Crippen LogP contribution is -2.18. The number of carbonyl (C=O) groups excluding carboxylic acids is 1. The molecule has 0 aliphatic carbocycles. The summed E-state index contributed by atoms with van der Waals surface area (Å²) < 4.78 is 0. The van der Waals surface area contributed by atoms with E-state index in [0.29, 0.717) is 22.4 Å². The molecule has 0 fully saturated rings. The molecule has 2 aromatic rings. The molecule has 0 radical (unpaired) electrons. The average molecular weight is 348 g/mol. The zero-order valence-electron chi connectivity index (χ0n) is 14.1. The Morgan fingerprint density at radius 3 is 2.58 bits per heavy atom. The van der Waals surface area contributed by atoms with Gasteiger partial charge in [-0.3, -0.25) is 4.79 Å². The maximum atomic E-state index is 12.4. The zero-order valence-corrected chi connectivity index (χ0v) is 14.9. The first kappa shape index (κ1) is 18.2. The molecule has 128 valence electrons. The number of benzene rings is 1. The monoisotopic (exact) mass is 347 g/mol. The third-order valence-corrected chi connectivity index (χ3v) is 3.51. The molecule has 0 atom stereocenters. The highest BCUT2D eigenvalue weighted by Gasteiger charge is 2.11. The zero-order chi connectivity index (χ0) is 17.5. The van der Waals surface area contributed by atoms with Crippen LogP contribution in [0.25, 0.3) is 0 Å². The summed E-state index contributed by atoms with van der Waals surface area (Å²) in [5, 5.41) is 6.58. The van der Waals surface area contributed by atoms with Crippen LogP contribution in [0, 0.1) is 6.92 Å². The van der Waals surface area contributed by atoms with Crippen molar-refractivity contribution in [3.63, 3.8) is 0 Å². The minimum absolute atomic E-state index is 0.279. The summed E-state index contributed by atoms with van der Waals surface area (Å²) >= 11 is 5.84. The van der Waals surface area contributed by atoms with Crippen LogP contribution in [0.15, 0.2) is 30.3 Å². The van der Waals surface area contributed by atoms with E-state index in [9.17, 15) is 4.79 Å². The molecule has 6 nitrogen and oxygen atoms in total. The van der Waals surface area contributed by atoms with E-state index >= 15 is 0 Å². The number of halogens is 1. The Morgan fingerprint density at radius 2 is 1.92 bits per heavy atom. The molecule has 1 heterocycles. The molecule has 1 aromatic carbocycles. The Labute approximate surface area is 147 Å². The van der Waals surface area contributed by atoms with Gasteiger partial charge in [0.2, 0.25) is 5.95 Å². The number of hydrogen-bond donors (Lipinski definition) is 2. The Bertz CT molecular complexity index is 688. The van der Waals surface area contributed by atoms with Gasteiger partial charge in [0, 0.05) is 22.9 Å². The summed E-state index contributed by atoms with van der Waals surface area (Å²) in [4.78, 5) is 23.1. The molecule has 0 spiro atoms. The van der Waals surface area contributed by atoms with Crippen molar-refractivity contribution < 1.29 is 4.79 Å². The standard InChI is InChI=1S/C17H22ClN5O/c1-12-11-15(16(24)21-14-7-5-13(18)6-8-14)22-17(20-12)19-9-4-10-23(2)3/h5-8,11H,4,9-10H2,1-3H3,(H,21,24)(H,19,20,22). The lowest BCUT2D eigenvalue weighted by molar-refractivity contribution is 0.102. The van der Waals surface area contributed by atoms with Crippen molar-refractivity contribution >= 4 is 29.1 Å². The van der Waals surface area contributed by atoms with Crippen LogP contribution in [-0.4, -0.2) is 48.0 Å². The summed E-state index contributed by atoms with van der Waals surface area (Å²) in [5.41, 5.74) is 1.73. The van der Waals surface area contributed by atoms with Crippen LogP contribution >= 0.6 is 11.6 Å². The third-order valence-electron chi connectivity index (χ3n) is 3.25. The van der Waals surface area contributed by atoms with Gasteiger partial charge in [0.05, 0.1) is 0 Å². The fourth-order valence-electron chi connectivity index (χ4n) is 2.09. The van der Waals surface area contributed by atoms with Gasteiger partial charge in [-0.05, 0) is 64.3 Å². The number of anilines is 2. The van der Waals surface area contributed by atoms with Crippen LogP contribution in [0.4, 0.5) is 11.6 Å². The number of aromatic nitrogens is 2. The molecular formula is C17H22ClN5O. The van der Waals surface area contributed by atoms with Crippen LogP contribution in [0.3, 0.4) is 0 Å². The van der Waals surface area contributed by atoms with Crippen LogP contribution < -0.4 is 10.6 Å². The fourth-order valence-corrected chi connectivity index (χ4v) is 2.21. The smallest absolute Gasteiger partial charge is 0.274 e. The van der Waals surface area contributed by atoms with E-state index in [0.717, 1.165) is 25.2 Å². The lowest BCUT2D eigenvalue weighted by atomic mass is 10.3. The summed E-state index contributed by atoms with van der Waals surface area (Å²) in [6.45, 7) is 3.56. The maximum Gasteiger partial charge on any atom is 0.274 e. The van der Waals surface area contributed by atoms with Gasteiger partial charge in [0.1, 0.15) is 5.69 Å². The molecule has 7 heteroatoms. The van der Waals surface area contributed by atoms with Gasteiger partial charge in [0.15, 0.2) is 0 Å². The van der Waals surface area contributed by atoms with E-state index in [1.165, 1.54) is 0 Å². The normalized spacial score (nSPS) is 10.7. The third kappa shape index (κ3) is 5.79. The molecule has 0 saturated heterocycles. The molecular weight excluding hydrogens is 326 g/mol. The molecule has 24 heavy (non-hydrogen) atoms. The van der Waals surface area contributed by atoms with Crippen LogP contribution in [0.1, 0.15) is 22.6 Å². The largest absolute Gasteiger partial charge is 0.354 e. The van der Waals surface area contributed by atoms with Gasteiger partial charge in [0.25, 0.3) is 5.91 Å². The predicted molar refractivity (Wildman–Crippen MR) is 97.8 cm³/mol. The Morgan fingerprint density at radius 1 is 1.21 bits per heavy atom. The van der Waals surface area contributed by atoms with Gasteiger partial charge in [-0.2, -0.15) is 0 Å². The molecule has 1 amide bonds. The van der Waals surface area contributed by atoms with Crippen LogP contribution in [-0.2, 0) is 0 Å². The fraction of sp³-hybridized carbons (Fsp3) is 0.353. The predicted octanol–water partition coefficient (Wildman–Crippen LogP) is 3.05. The Balaban J connectivity index is 2.01. The molecule has 0 aliphatic rings. The van der Waals surface area contributed by atoms with Crippen molar-refractivity contribution in [2.24, 2.45) is 0 Å². The minimum atomic E-state index is -0.279. The first-order valence-electron chi connectivity index (χ1n) is 7.75. The number of nitrogens with one attached hydrogen (secondary N) is 2. The van der Waals surface area contributed by atoms with E-state index in [4.69, 9.17) is 11.6 Å². The quantitative estimate of drug-likeness (QED) is 0.753. The van der Waals surface area contributed by atoms with Crippen molar-refractivity contribution in [3.8, 4) is 0 Å². The van der Waals surface area contributed by atoms with Crippen molar-refractivity contribution in [1.82, 2.24) is 14.9 Å². The van der Waals surface area contributed by atoms with Crippen molar-refractivity contribution in [1.29, 1.82) is 0 Å². The van der Waals surface area contributed by atoms with Crippen LogP contribution in [0.2, 0.25) is 5.02 Å². The van der Waals surface area contributed by atoms with Gasteiger partial charge < -0.3 is 15.5 Å². The van der Waals surface area contributed by atoms with Crippen LogP contribution in [0.5, 0.6) is 0 Å². The summed E-state index contributed by atoms with van der Waals surface area (Å²) in [6, 6.07) is 8.60. The molecule has 0 unspecified atom stereocenters. The van der Waals surface area contributed by atoms with Crippen molar-refractivity contribution in [2.45, 2.75) is 13.3 Å². The lowest BCUT2D eigenvalue weighted by Gasteiger charge is -2.11. The minimum Gasteiger partial charge on any atom is -0.354 e. The van der Waals surface area contributed by atoms with Gasteiger partial charge in [-0.25, -0.2) is 9.97 Å². The number of rotatable bonds is 7. The highest BCUT2D eigenvalue weighted by Crippen LogP contribution is 2.14. The van der Waals surface area contributed by atoms with Crippen molar-refractivity contribution in [3.05, 3.63) is 46.7 Å². The van der Waals surface area contributed by atoms with Crippen molar-refractivity contribution in [2.75, 3.05) is 37.8 Å². The summed E-state index contributed by atoms with van der Waals surface area (Å²) in [6.07, 6.45) is 0.969. The highest BCUT2D eigenvalue weighted by atomic mass is 35.5. The highest BCUT2D eigenvalue weighted by molar-refractivity contribution is 6.30. The molecule has 0 bridgehead atoms. The molecule has 2 rings (SSSR count). The number of hydrogen-bond acceptors (Lipinski definition) is 5. The second kappa shape index (κ2) is 8.61. The van der Waals surface area contributed by atoms with E-state index in [1.807, 2.05) is 21.0 Å². The maximum absolute atomic E-state index is 12.4. The molecule has 1 aromatic heterocycles. The first-order valence-corrected chi connectivity index (χ1v) is 8.13. The second-order valence-electron chi connectivity index (χ2n) is 5.76.